The smallest absolute Gasteiger partial charge is 0.164 e. The first-order valence-electron chi connectivity index (χ1n) is 8.26. The molecule has 2 aromatic heterocycles. The van der Waals surface area contributed by atoms with Crippen LogP contribution in [0.15, 0.2) is 24.5 Å². The predicted molar refractivity (Wildman–Crippen MR) is 93.1 cm³/mol. The molecule has 3 aromatic rings. The third kappa shape index (κ3) is 2.68. The van der Waals surface area contributed by atoms with Gasteiger partial charge in [0.25, 0.3) is 0 Å². The number of nitrogens with two attached hydrogens (primary N) is 2. The van der Waals surface area contributed by atoms with Gasteiger partial charge in [-0.05, 0) is 37.8 Å². The number of aromatic nitrogens is 4. The van der Waals surface area contributed by atoms with Crippen molar-refractivity contribution in [3.8, 4) is 11.3 Å². The SMILES string of the molecule is Nc1ccc(-c2nn(C3CCC(O)CC3)c3ncnc(N)c23)cc1F. The van der Waals surface area contributed by atoms with Crippen LogP contribution in [0.4, 0.5) is 15.9 Å². The molecule has 8 heteroatoms. The lowest BCUT2D eigenvalue weighted by molar-refractivity contribution is 0.109. The molecule has 0 spiro atoms. The van der Waals surface area contributed by atoms with Crippen molar-refractivity contribution in [3.63, 3.8) is 0 Å². The van der Waals surface area contributed by atoms with Crippen LogP contribution in [0.5, 0.6) is 0 Å². The summed E-state index contributed by atoms with van der Waals surface area (Å²) in [5.41, 5.74) is 13.5. The van der Waals surface area contributed by atoms with Crippen molar-refractivity contribution in [2.24, 2.45) is 0 Å². The van der Waals surface area contributed by atoms with Crippen LogP contribution < -0.4 is 11.5 Å². The molecule has 4 rings (SSSR count). The minimum atomic E-state index is -0.503. The Labute approximate surface area is 143 Å². The van der Waals surface area contributed by atoms with Crippen LogP contribution in [0, 0.1) is 5.82 Å². The summed E-state index contributed by atoms with van der Waals surface area (Å²) in [5.74, 6) is -0.198. The summed E-state index contributed by atoms with van der Waals surface area (Å²) >= 11 is 0. The molecule has 0 amide bonds. The molecule has 5 N–H and O–H groups in total. The number of aliphatic hydroxyl groups excluding tert-OH is 1. The molecule has 1 saturated carbocycles. The Morgan fingerprint density at radius 2 is 1.88 bits per heavy atom. The summed E-state index contributed by atoms with van der Waals surface area (Å²) < 4.78 is 15.8. The highest BCUT2D eigenvalue weighted by atomic mass is 19.1. The topological polar surface area (TPSA) is 116 Å². The highest BCUT2D eigenvalue weighted by molar-refractivity contribution is 5.98. The molecule has 1 fully saturated rings. The summed E-state index contributed by atoms with van der Waals surface area (Å²) in [7, 11) is 0. The number of benzene rings is 1. The van der Waals surface area contributed by atoms with Gasteiger partial charge in [0, 0.05) is 5.56 Å². The Kier molecular flexibility index (Phi) is 3.76. The zero-order chi connectivity index (χ0) is 17.6. The van der Waals surface area contributed by atoms with Gasteiger partial charge >= 0.3 is 0 Å². The molecule has 0 aliphatic heterocycles. The normalized spacial score (nSPS) is 20.9. The summed E-state index contributed by atoms with van der Waals surface area (Å²) in [4.78, 5) is 8.41. The molecule has 0 bridgehead atoms. The van der Waals surface area contributed by atoms with Crippen LogP contribution in [0.25, 0.3) is 22.3 Å². The zero-order valence-corrected chi connectivity index (χ0v) is 13.6. The van der Waals surface area contributed by atoms with E-state index in [0.717, 1.165) is 25.7 Å². The summed E-state index contributed by atoms with van der Waals surface area (Å²) in [5, 5.41) is 15.0. The first-order valence-corrected chi connectivity index (χ1v) is 8.26. The Hall–Kier alpha value is -2.74. The Balaban J connectivity index is 1.88. The van der Waals surface area contributed by atoms with E-state index in [-0.39, 0.29) is 17.8 Å². The molecule has 0 atom stereocenters. The molecule has 1 aliphatic rings. The highest BCUT2D eigenvalue weighted by Gasteiger charge is 2.26. The van der Waals surface area contributed by atoms with E-state index in [9.17, 15) is 9.50 Å². The summed E-state index contributed by atoms with van der Waals surface area (Å²) in [6.45, 7) is 0. The number of nitrogens with zero attached hydrogens (tertiary/aromatic N) is 4. The average molecular weight is 342 g/mol. The maximum absolute atomic E-state index is 13.9. The van der Waals surface area contributed by atoms with Crippen LogP contribution in [0.1, 0.15) is 31.7 Å². The molecule has 25 heavy (non-hydrogen) atoms. The van der Waals surface area contributed by atoms with Crippen molar-refractivity contribution < 1.29 is 9.50 Å². The van der Waals surface area contributed by atoms with E-state index in [1.54, 1.807) is 6.07 Å². The van der Waals surface area contributed by atoms with Gasteiger partial charge < -0.3 is 16.6 Å². The highest BCUT2D eigenvalue weighted by Crippen LogP contribution is 2.36. The van der Waals surface area contributed by atoms with Crippen molar-refractivity contribution in [2.45, 2.75) is 37.8 Å². The van der Waals surface area contributed by atoms with Crippen LogP contribution in [0.2, 0.25) is 0 Å². The van der Waals surface area contributed by atoms with E-state index in [2.05, 4.69) is 15.1 Å². The van der Waals surface area contributed by atoms with E-state index in [1.165, 1.54) is 18.5 Å². The minimum Gasteiger partial charge on any atom is -0.396 e. The van der Waals surface area contributed by atoms with E-state index in [4.69, 9.17) is 11.5 Å². The number of hydrogen-bond donors (Lipinski definition) is 3. The fraction of sp³-hybridized carbons (Fsp3) is 0.353. The van der Waals surface area contributed by atoms with Gasteiger partial charge in [0.05, 0.1) is 23.2 Å². The average Bonchev–Trinajstić information content (AvgIpc) is 2.99. The van der Waals surface area contributed by atoms with Crippen molar-refractivity contribution in [1.82, 2.24) is 19.7 Å². The van der Waals surface area contributed by atoms with Crippen LogP contribution in [-0.2, 0) is 0 Å². The predicted octanol–water partition coefficient (Wildman–Crippen LogP) is 2.27. The lowest BCUT2D eigenvalue weighted by Gasteiger charge is -2.25. The monoisotopic (exact) mass is 342 g/mol. The van der Waals surface area contributed by atoms with Crippen LogP contribution >= 0.6 is 0 Å². The van der Waals surface area contributed by atoms with Gasteiger partial charge in [-0.1, -0.05) is 6.07 Å². The van der Waals surface area contributed by atoms with Gasteiger partial charge in [-0.25, -0.2) is 19.0 Å². The number of fused-ring (bicyclic) bond motifs is 1. The lowest BCUT2D eigenvalue weighted by Crippen LogP contribution is -2.22. The first-order chi connectivity index (χ1) is 12.0. The molecule has 7 nitrogen and oxygen atoms in total. The number of nitrogen functional groups attached to an aromatic ring is 2. The van der Waals surface area contributed by atoms with Crippen LogP contribution in [0.3, 0.4) is 0 Å². The standard InChI is InChI=1S/C17H19FN6O/c18-12-7-9(1-6-13(12)19)15-14-16(20)21-8-22-17(14)24(23-15)10-2-4-11(25)5-3-10/h1,6-8,10-11,25H,2-5,19H2,(H2,20,21,22). The van der Waals surface area contributed by atoms with Crippen molar-refractivity contribution in [3.05, 3.63) is 30.3 Å². The van der Waals surface area contributed by atoms with Gasteiger partial charge in [0.2, 0.25) is 0 Å². The molecule has 0 saturated heterocycles. The molecular weight excluding hydrogens is 323 g/mol. The quantitative estimate of drug-likeness (QED) is 0.615. The largest absolute Gasteiger partial charge is 0.396 e. The van der Waals surface area contributed by atoms with E-state index >= 15 is 0 Å². The van der Waals surface area contributed by atoms with Gasteiger partial charge in [0.15, 0.2) is 5.65 Å². The molecular formula is C17H19FN6O. The van der Waals surface area contributed by atoms with Gasteiger partial charge in [-0.3, -0.25) is 0 Å². The van der Waals surface area contributed by atoms with Gasteiger partial charge in [0.1, 0.15) is 23.7 Å². The molecule has 1 aliphatic carbocycles. The fourth-order valence-corrected chi connectivity index (χ4v) is 3.43. The number of rotatable bonds is 2. The maximum Gasteiger partial charge on any atom is 0.164 e. The minimum absolute atomic E-state index is 0.0815. The first kappa shape index (κ1) is 15.8. The van der Waals surface area contributed by atoms with Crippen molar-refractivity contribution in [2.75, 3.05) is 11.5 Å². The van der Waals surface area contributed by atoms with E-state index in [0.29, 0.717) is 28.1 Å². The third-order valence-corrected chi connectivity index (χ3v) is 4.80. The third-order valence-electron chi connectivity index (χ3n) is 4.80. The fourth-order valence-electron chi connectivity index (χ4n) is 3.43. The maximum atomic E-state index is 13.9. The number of hydrogen-bond acceptors (Lipinski definition) is 6. The Morgan fingerprint density at radius 1 is 1.12 bits per heavy atom. The number of halogens is 1. The second kappa shape index (κ2) is 5.96. The van der Waals surface area contributed by atoms with Crippen molar-refractivity contribution in [1.29, 1.82) is 0 Å². The number of anilines is 2. The van der Waals surface area contributed by atoms with Gasteiger partial charge in [-0.2, -0.15) is 5.10 Å². The van der Waals surface area contributed by atoms with E-state index in [1.807, 2.05) is 4.68 Å². The Morgan fingerprint density at radius 3 is 2.60 bits per heavy atom. The molecule has 0 radical (unpaired) electrons. The second-order valence-corrected chi connectivity index (χ2v) is 6.45. The zero-order valence-electron chi connectivity index (χ0n) is 13.6. The van der Waals surface area contributed by atoms with Crippen molar-refractivity contribution >= 4 is 22.5 Å². The lowest BCUT2D eigenvalue weighted by atomic mass is 9.93. The molecule has 2 heterocycles. The molecule has 0 unspecified atom stereocenters. The molecule has 130 valence electrons. The number of aliphatic hydroxyl groups is 1. The van der Waals surface area contributed by atoms with Crippen LogP contribution in [-0.4, -0.2) is 31.0 Å². The molecule has 1 aromatic carbocycles. The Bertz CT molecular complexity index is 932. The van der Waals surface area contributed by atoms with E-state index < -0.39 is 5.82 Å². The second-order valence-electron chi connectivity index (χ2n) is 6.45. The summed E-state index contributed by atoms with van der Waals surface area (Å²) in [6.07, 6.45) is 4.19. The van der Waals surface area contributed by atoms with Gasteiger partial charge in [-0.15, -0.1) is 0 Å². The summed E-state index contributed by atoms with van der Waals surface area (Å²) in [6, 6.07) is 4.68.